The van der Waals surface area contributed by atoms with Gasteiger partial charge >= 0.3 is 438 Å². The molecular formula is C60H80Cl4SiZr2. The van der Waals surface area contributed by atoms with Gasteiger partial charge in [0.05, 0.1) is 0 Å². The predicted octanol–water partition coefficient (Wildman–Crippen LogP) is 20.3. The number of allylic oxidation sites excluding steroid dienone is 2. The van der Waals surface area contributed by atoms with Crippen LogP contribution in [0.25, 0.3) is 34.4 Å². The van der Waals surface area contributed by atoms with Crippen molar-refractivity contribution in [3.8, 4) is 22.3 Å². The fraction of sp³-hybridized carbons (Fsp3) is 0.533. The number of benzene rings is 4. The molecule has 8 rings (SSSR count). The molecule has 2 saturated carbocycles. The van der Waals surface area contributed by atoms with Gasteiger partial charge in [-0.2, -0.15) is 0 Å². The van der Waals surface area contributed by atoms with E-state index in [2.05, 4.69) is 152 Å². The summed E-state index contributed by atoms with van der Waals surface area (Å²) in [5, 5.41) is 0. The zero-order valence-corrected chi connectivity index (χ0v) is 51.7. The van der Waals surface area contributed by atoms with Crippen LogP contribution in [0, 0.1) is 10.8 Å². The Kier molecular flexibility index (Phi) is 17.0. The van der Waals surface area contributed by atoms with Gasteiger partial charge in [0.15, 0.2) is 0 Å². The number of rotatable bonds is 12. The Hall–Kier alpha value is -0.497. The van der Waals surface area contributed by atoms with Gasteiger partial charge in [-0.1, -0.05) is 0 Å². The van der Waals surface area contributed by atoms with Crippen LogP contribution in [-0.2, 0) is 46.6 Å². The number of hydrogen-bond donors (Lipinski definition) is 0. The molecule has 0 heterocycles. The maximum absolute atomic E-state index is 8.15. The molecule has 0 bridgehead atoms. The molecule has 0 aliphatic heterocycles. The monoisotopic (exact) mass is 1150 g/mol. The first-order valence-corrected chi connectivity index (χ1v) is 47.3. The van der Waals surface area contributed by atoms with Gasteiger partial charge in [-0.05, 0) is 0 Å². The van der Waals surface area contributed by atoms with Crippen molar-refractivity contribution in [2.24, 2.45) is 10.8 Å². The molecule has 0 amide bonds. The zero-order chi connectivity index (χ0) is 47.8. The molecule has 2 unspecified atom stereocenters. The minimum absolute atomic E-state index is 0.110. The normalized spacial score (nSPS) is 21.5. The van der Waals surface area contributed by atoms with Crippen LogP contribution in [0.5, 0.6) is 0 Å². The van der Waals surface area contributed by atoms with Gasteiger partial charge in [0.25, 0.3) is 0 Å². The molecule has 4 aromatic rings. The fourth-order valence-corrected chi connectivity index (χ4v) is 57.3. The molecule has 0 N–H and O–H groups in total. The third kappa shape index (κ3) is 12.5. The van der Waals surface area contributed by atoms with Crippen LogP contribution in [0.15, 0.2) is 96.1 Å². The third-order valence-corrected chi connectivity index (χ3v) is 59.8. The van der Waals surface area contributed by atoms with Gasteiger partial charge in [-0.25, -0.2) is 0 Å². The maximum atomic E-state index is 8.15. The van der Waals surface area contributed by atoms with Crippen LogP contribution < -0.4 is 0 Å². The van der Waals surface area contributed by atoms with Crippen molar-refractivity contribution in [1.82, 2.24) is 0 Å². The minimum atomic E-state index is -3.90. The van der Waals surface area contributed by atoms with Crippen molar-refractivity contribution >= 4 is 55.7 Å². The van der Waals surface area contributed by atoms with Crippen molar-refractivity contribution in [2.75, 3.05) is 0 Å². The standard InChI is InChI=1S/2C29H37.C2H6Si.4ClH.2Zr/c2*1-28(2,3)25-15-13-23(14-16-25)26-12-10-11-24-19-22(20-27(24)26)21-29(4)17-8-6-5-7-9-18-29;1-3-2;;;;;;/h2*10-16,19-20H,5-9,17-18,21H2,1-4H3;1-3H2;4*1H;;/q;;;;;;;2*+2/p-4. The van der Waals surface area contributed by atoms with Crippen molar-refractivity contribution in [3.05, 3.63) is 129 Å². The zero-order valence-electron chi connectivity index (χ0n) is 42.3. The van der Waals surface area contributed by atoms with Crippen LogP contribution in [0.4, 0.5) is 0 Å². The molecule has 360 valence electrons. The van der Waals surface area contributed by atoms with Gasteiger partial charge in [-0.3, -0.25) is 0 Å². The fourth-order valence-electron chi connectivity index (χ4n) is 12.7. The van der Waals surface area contributed by atoms with E-state index in [1.165, 1.54) is 157 Å². The van der Waals surface area contributed by atoms with E-state index in [0.717, 1.165) is 20.3 Å². The third-order valence-electron chi connectivity index (χ3n) is 16.7. The average Bonchev–Trinajstić information content (AvgIpc) is 3.82. The quantitative estimate of drug-likeness (QED) is 0.124. The Morgan fingerprint density at radius 2 is 0.806 bits per heavy atom. The molecular weight excluding hydrogens is 1070 g/mol. The summed E-state index contributed by atoms with van der Waals surface area (Å²) < 4.78 is 2.30. The molecule has 0 spiro atoms. The van der Waals surface area contributed by atoms with Crippen LogP contribution in [0.1, 0.15) is 199 Å². The Morgan fingerprint density at radius 3 is 1.13 bits per heavy atom. The summed E-state index contributed by atoms with van der Waals surface area (Å²) in [5.41, 5.74) is 17.2. The van der Waals surface area contributed by atoms with Crippen molar-refractivity contribution in [3.63, 3.8) is 0 Å². The SMILES string of the molecule is CC1(CC2=Cc3c(-c4ccc(C(C)(C)C)cc4)cccc3[CH]2[Zr]([Cl])([Cl])[CH2][SiH2][CH2][Zr]([Cl])([Cl])[CH]2C(CC3(C)CCCCCCC3)=Cc3c(-c4ccc(C(C)(C)C)cc4)cccc32)CCCCCCC1. The van der Waals surface area contributed by atoms with Gasteiger partial charge in [0.2, 0.25) is 0 Å². The van der Waals surface area contributed by atoms with Crippen LogP contribution in [0.2, 0.25) is 7.50 Å². The number of fused-ring (bicyclic) bond motifs is 2. The van der Waals surface area contributed by atoms with Crippen molar-refractivity contribution in [2.45, 2.75) is 184 Å². The second-order valence-corrected chi connectivity index (χ2v) is 62.1. The Bertz CT molecular complexity index is 2230. The molecule has 0 radical (unpaired) electrons. The van der Waals surface area contributed by atoms with Gasteiger partial charge < -0.3 is 0 Å². The summed E-state index contributed by atoms with van der Waals surface area (Å²) >= 11 is -7.80. The number of halogens is 4. The van der Waals surface area contributed by atoms with Crippen LogP contribution >= 0.6 is 34.1 Å². The van der Waals surface area contributed by atoms with E-state index in [0.29, 0.717) is 0 Å². The second-order valence-electron chi connectivity index (χ2n) is 24.5. The second kappa shape index (κ2) is 21.5. The average molecular weight is 1150 g/mol. The molecule has 0 nitrogen and oxygen atoms in total. The molecule has 2 fully saturated rings. The van der Waals surface area contributed by atoms with E-state index >= 15 is 0 Å². The Labute approximate surface area is 433 Å². The summed E-state index contributed by atoms with van der Waals surface area (Å²) in [4.78, 5) is 0. The van der Waals surface area contributed by atoms with Crippen LogP contribution in [0.3, 0.4) is 0 Å². The summed E-state index contributed by atoms with van der Waals surface area (Å²) in [5.74, 6) is 0. The molecule has 7 heteroatoms. The van der Waals surface area contributed by atoms with E-state index in [1.807, 2.05) is 0 Å². The van der Waals surface area contributed by atoms with Gasteiger partial charge in [-0.15, -0.1) is 0 Å². The first kappa shape index (κ1) is 52.8. The number of hydrogen-bond acceptors (Lipinski definition) is 0. The molecule has 0 saturated heterocycles. The topological polar surface area (TPSA) is 0 Å². The first-order chi connectivity index (χ1) is 31.7. The molecule has 4 aliphatic rings. The van der Waals surface area contributed by atoms with E-state index in [9.17, 15) is 0 Å². The first-order valence-electron chi connectivity index (χ1n) is 26.3. The van der Waals surface area contributed by atoms with Crippen molar-refractivity contribution < 1.29 is 35.8 Å². The van der Waals surface area contributed by atoms with E-state index in [1.54, 1.807) is 0 Å². The molecule has 67 heavy (non-hydrogen) atoms. The molecule has 4 aliphatic carbocycles. The molecule has 4 aromatic carbocycles. The molecule has 0 aromatic heterocycles. The van der Waals surface area contributed by atoms with Crippen LogP contribution in [-0.4, -0.2) is 9.52 Å². The van der Waals surface area contributed by atoms with E-state index in [4.69, 9.17) is 34.1 Å². The summed E-state index contributed by atoms with van der Waals surface area (Å²) in [7, 11) is 31.8. The van der Waals surface area contributed by atoms with E-state index < -0.39 is 45.3 Å². The summed E-state index contributed by atoms with van der Waals surface area (Å²) in [6, 6.07) is 32.6. The van der Waals surface area contributed by atoms with E-state index in [-0.39, 0.29) is 28.9 Å². The summed E-state index contributed by atoms with van der Waals surface area (Å²) in [6.45, 7) is 18.9. The predicted molar refractivity (Wildman–Crippen MR) is 294 cm³/mol. The van der Waals surface area contributed by atoms with Gasteiger partial charge in [0, 0.05) is 0 Å². The Balaban J connectivity index is 1.10. The van der Waals surface area contributed by atoms with Crippen molar-refractivity contribution in [1.29, 1.82) is 0 Å². The molecule has 2 atom stereocenters. The summed E-state index contributed by atoms with van der Waals surface area (Å²) in [6.07, 6.45) is 25.9. The Morgan fingerprint density at radius 1 is 0.478 bits per heavy atom. The van der Waals surface area contributed by atoms with Gasteiger partial charge in [0.1, 0.15) is 0 Å².